The third-order valence-electron chi connectivity index (χ3n) is 9.88. The third kappa shape index (κ3) is 3.52. The molecule has 5 atom stereocenters. The molecule has 0 unspecified atom stereocenters. The number of hydrogen-bond donors (Lipinski definition) is 3. The van der Waals surface area contributed by atoms with Crippen LogP contribution in [-0.4, -0.2) is 62.8 Å². The summed E-state index contributed by atoms with van der Waals surface area (Å²) in [6.07, 6.45) is 3.84. The van der Waals surface area contributed by atoms with Gasteiger partial charge in [0.25, 0.3) is 5.69 Å². The zero-order chi connectivity index (χ0) is 27.8. The molecule has 2 saturated carbocycles. The predicted octanol–water partition coefficient (Wildman–Crippen LogP) is 3.53. The maximum atomic E-state index is 13.3. The van der Waals surface area contributed by atoms with Crippen LogP contribution in [0.25, 0.3) is 10.4 Å². The first-order valence-electron chi connectivity index (χ1n) is 13.9. The summed E-state index contributed by atoms with van der Waals surface area (Å²) in [5.41, 5.74) is 8.95. The zero-order valence-corrected chi connectivity index (χ0v) is 21.8. The number of carbonyl (C=O) groups is 1. The minimum Gasteiger partial charge on any atom is -0.504 e. The normalized spacial score (nSPS) is 31.5. The number of amides is 1. The van der Waals surface area contributed by atoms with Crippen molar-refractivity contribution in [1.29, 1.82) is 0 Å². The van der Waals surface area contributed by atoms with Crippen LogP contribution in [0.2, 0.25) is 0 Å². The number of azide groups is 1. The largest absolute Gasteiger partial charge is 0.504 e. The Labute approximate surface area is 229 Å². The van der Waals surface area contributed by atoms with Gasteiger partial charge in [-0.3, -0.25) is 19.8 Å². The van der Waals surface area contributed by atoms with Crippen LogP contribution in [0.4, 0.5) is 11.4 Å². The van der Waals surface area contributed by atoms with Crippen LogP contribution in [0.3, 0.4) is 0 Å². The van der Waals surface area contributed by atoms with Gasteiger partial charge in [0.2, 0.25) is 5.91 Å². The molecular weight excluding hydrogens is 516 g/mol. The number of piperidine rings is 1. The SMILES string of the molecule is [N-]=[N+]=Nc1ccc([N+](=O)[O-])c(CC(=O)N[C@@H]2CC[C@@]3(O)[C@H]4Cc5ccc(O)c6c5[C@@]3(CCN4CC3CC3)[C@H]2O6)c1. The van der Waals surface area contributed by atoms with Crippen molar-refractivity contribution in [3.8, 4) is 11.5 Å². The Balaban J connectivity index is 1.21. The average molecular weight is 547 g/mol. The Kier molecular flexibility index (Phi) is 5.54. The summed E-state index contributed by atoms with van der Waals surface area (Å²) < 4.78 is 6.47. The molecule has 0 aromatic heterocycles. The van der Waals surface area contributed by atoms with E-state index in [4.69, 9.17) is 10.3 Å². The molecule has 2 aromatic carbocycles. The van der Waals surface area contributed by atoms with Gasteiger partial charge in [-0.2, -0.15) is 0 Å². The lowest BCUT2D eigenvalue weighted by Gasteiger charge is -2.64. The number of carbonyl (C=O) groups excluding carboxylic acids is 1. The predicted molar refractivity (Wildman–Crippen MR) is 142 cm³/mol. The number of phenols is 1. The maximum Gasteiger partial charge on any atom is 0.273 e. The summed E-state index contributed by atoms with van der Waals surface area (Å²) >= 11 is 0. The lowest BCUT2D eigenvalue weighted by Crippen LogP contribution is -2.78. The van der Waals surface area contributed by atoms with E-state index in [1.54, 1.807) is 6.07 Å². The molecule has 3 fully saturated rings. The van der Waals surface area contributed by atoms with Gasteiger partial charge >= 0.3 is 0 Å². The smallest absolute Gasteiger partial charge is 0.273 e. The highest BCUT2D eigenvalue weighted by Gasteiger charge is 2.73. The molecule has 5 aliphatic rings. The molecule has 12 heteroatoms. The number of benzene rings is 2. The molecule has 208 valence electrons. The van der Waals surface area contributed by atoms with Crippen molar-refractivity contribution in [2.24, 2.45) is 11.0 Å². The van der Waals surface area contributed by atoms with Gasteiger partial charge in [0, 0.05) is 40.4 Å². The first kappa shape index (κ1) is 25.1. The number of ether oxygens (including phenoxy) is 1. The van der Waals surface area contributed by atoms with Gasteiger partial charge in [-0.1, -0.05) is 11.2 Å². The van der Waals surface area contributed by atoms with Gasteiger partial charge in [-0.05, 0) is 80.3 Å². The second-order valence-corrected chi connectivity index (χ2v) is 11.9. The van der Waals surface area contributed by atoms with Gasteiger partial charge in [-0.15, -0.1) is 0 Å². The molecule has 3 N–H and O–H groups in total. The minimum absolute atomic E-state index is 0.0271. The van der Waals surface area contributed by atoms with Crippen LogP contribution in [0, 0.1) is 16.0 Å². The fourth-order valence-electron chi connectivity index (χ4n) is 8.07. The number of aromatic hydroxyl groups is 1. The number of nitrogens with zero attached hydrogens (tertiary/aromatic N) is 5. The summed E-state index contributed by atoms with van der Waals surface area (Å²) in [4.78, 5) is 29.5. The molecule has 2 heterocycles. The van der Waals surface area contributed by atoms with Gasteiger partial charge < -0.3 is 20.3 Å². The lowest BCUT2D eigenvalue weighted by molar-refractivity contribution is -0.385. The van der Waals surface area contributed by atoms with Crippen LogP contribution in [0.15, 0.2) is 35.4 Å². The van der Waals surface area contributed by atoms with E-state index in [-0.39, 0.29) is 35.2 Å². The highest BCUT2D eigenvalue weighted by molar-refractivity contribution is 5.81. The minimum atomic E-state index is -1.07. The third-order valence-corrected chi connectivity index (χ3v) is 9.88. The molecule has 40 heavy (non-hydrogen) atoms. The fraction of sp³-hybridized carbons (Fsp3) is 0.536. The second kappa shape index (κ2) is 8.82. The Bertz CT molecular complexity index is 1490. The zero-order valence-electron chi connectivity index (χ0n) is 21.8. The Hall–Kier alpha value is -3.86. The molecule has 2 aliphatic heterocycles. The van der Waals surface area contributed by atoms with Crippen LogP contribution in [-0.2, 0) is 23.1 Å². The first-order chi connectivity index (χ1) is 19.2. The van der Waals surface area contributed by atoms with Crippen molar-refractivity contribution in [1.82, 2.24) is 10.2 Å². The number of nitrogens with one attached hydrogen (secondary N) is 1. The van der Waals surface area contributed by atoms with Crippen molar-refractivity contribution in [2.75, 3.05) is 13.1 Å². The van der Waals surface area contributed by atoms with E-state index in [1.807, 2.05) is 6.07 Å². The fourth-order valence-corrected chi connectivity index (χ4v) is 8.07. The molecule has 12 nitrogen and oxygen atoms in total. The number of nitro groups is 1. The van der Waals surface area contributed by atoms with E-state index in [0.29, 0.717) is 37.4 Å². The summed E-state index contributed by atoms with van der Waals surface area (Å²) in [6.45, 7) is 1.78. The van der Waals surface area contributed by atoms with Crippen LogP contribution in [0.5, 0.6) is 11.5 Å². The van der Waals surface area contributed by atoms with E-state index in [1.165, 1.54) is 31.0 Å². The average Bonchev–Trinajstić information content (AvgIpc) is 3.65. The van der Waals surface area contributed by atoms with Crippen LogP contribution >= 0.6 is 0 Å². The van der Waals surface area contributed by atoms with Crippen molar-refractivity contribution in [3.63, 3.8) is 0 Å². The van der Waals surface area contributed by atoms with Gasteiger partial charge in [0.1, 0.15) is 6.10 Å². The molecule has 1 spiro atoms. The first-order valence-corrected chi connectivity index (χ1v) is 13.9. The van der Waals surface area contributed by atoms with Crippen molar-refractivity contribution in [3.05, 3.63) is 67.6 Å². The lowest BCUT2D eigenvalue weighted by atomic mass is 9.48. The molecule has 2 aromatic rings. The standard InChI is InChI=1S/C28H30N6O6/c29-32-31-18-4-5-20(34(38)39)17(11-18)13-23(36)30-19-7-8-28(37)22-12-16-3-6-21(35)25-24(16)27(28,26(19)40-25)9-10-33(22)14-15-1-2-15/h3-6,11,15,19,22,26,35,37H,1-2,7-10,12-14H2,(H,30,36)/t19-,22-,26+,27+,28-/m1/s1. The van der Waals surface area contributed by atoms with Crippen molar-refractivity contribution in [2.45, 2.75) is 74.1 Å². The quantitative estimate of drug-likeness (QED) is 0.156. The van der Waals surface area contributed by atoms with E-state index in [2.05, 4.69) is 20.2 Å². The topological polar surface area (TPSA) is 174 Å². The summed E-state index contributed by atoms with van der Waals surface area (Å²) in [7, 11) is 0. The number of hydrogen-bond acceptors (Lipinski definition) is 8. The summed E-state index contributed by atoms with van der Waals surface area (Å²) in [5, 5.41) is 41.5. The molecule has 0 radical (unpaired) electrons. The molecule has 2 bridgehead atoms. The van der Waals surface area contributed by atoms with Gasteiger partial charge in [-0.25, -0.2) is 0 Å². The molecule has 1 amide bonds. The molecule has 3 aliphatic carbocycles. The Morgan fingerprint density at radius 2 is 2.10 bits per heavy atom. The number of rotatable bonds is 7. The molecular formula is C28H30N6O6. The number of likely N-dealkylation sites (tertiary alicyclic amines) is 1. The van der Waals surface area contributed by atoms with E-state index >= 15 is 0 Å². The van der Waals surface area contributed by atoms with E-state index in [9.17, 15) is 25.1 Å². The van der Waals surface area contributed by atoms with E-state index < -0.39 is 34.0 Å². The Morgan fingerprint density at radius 3 is 2.85 bits per heavy atom. The van der Waals surface area contributed by atoms with Crippen molar-refractivity contribution < 1.29 is 24.7 Å². The Morgan fingerprint density at radius 1 is 1.27 bits per heavy atom. The second-order valence-electron chi connectivity index (χ2n) is 11.9. The van der Waals surface area contributed by atoms with Crippen LogP contribution in [0.1, 0.15) is 48.8 Å². The van der Waals surface area contributed by atoms with Gasteiger partial charge in [0.05, 0.1) is 28.4 Å². The number of aliphatic hydroxyl groups is 1. The monoisotopic (exact) mass is 546 g/mol. The molecule has 1 saturated heterocycles. The maximum absolute atomic E-state index is 13.3. The highest BCUT2D eigenvalue weighted by atomic mass is 16.6. The molecule has 7 rings (SSSR count). The van der Waals surface area contributed by atoms with E-state index in [0.717, 1.165) is 24.2 Å². The van der Waals surface area contributed by atoms with Crippen LogP contribution < -0.4 is 10.1 Å². The number of nitro benzene ring substituents is 1. The van der Waals surface area contributed by atoms with Crippen molar-refractivity contribution >= 4 is 17.3 Å². The number of phenolic OH excluding ortho intramolecular Hbond substituents is 1. The summed E-state index contributed by atoms with van der Waals surface area (Å²) in [5.74, 6) is 0.672. The van der Waals surface area contributed by atoms with Gasteiger partial charge in [0.15, 0.2) is 11.5 Å². The summed E-state index contributed by atoms with van der Waals surface area (Å²) in [6, 6.07) is 6.96. The highest BCUT2D eigenvalue weighted by Crippen LogP contribution is 2.65.